The van der Waals surface area contributed by atoms with Gasteiger partial charge in [0, 0.05) is 0 Å². The predicted molar refractivity (Wildman–Crippen MR) is 130 cm³/mol. The first-order valence-corrected chi connectivity index (χ1v) is 11.4. The lowest BCUT2D eigenvalue weighted by Gasteiger charge is -2.50. The number of nitrogens with zero attached hydrogens (tertiary/aromatic N) is 1. The van der Waals surface area contributed by atoms with E-state index in [0.29, 0.717) is 28.2 Å². The molecule has 1 N–H and O–H groups in total. The van der Waals surface area contributed by atoms with Crippen molar-refractivity contribution in [1.29, 1.82) is 0 Å². The number of benzene rings is 3. The van der Waals surface area contributed by atoms with E-state index in [-0.39, 0.29) is 6.61 Å². The molecule has 2 unspecified atom stereocenters. The molecule has 2 aliphatic rings. The van der Waals surface area contributed by atoms with Gasteiger partial charge in [-0.05, 0) is 70.3 Å². The largest absolute Gasteiger partial charge is 0.497 e. The fourth-order valence-electron chi connectivity index (χ4n) is 5.28. The van der Waals surface area contributed by atoms with Gasteiger partial charge < -0.3 is 19.3 Å². The maximum Gasteiger partial charge on any atom is 0.411 e. The van der Waals surface area contributed by atoms with Crippen LogP contribution < -0.4 is 9.47 Å². The smallest absolute Gasteiger partial charge is 0.411 e. The highest BCUT2D eigenvalue weighted by Crippen LogP contribution is 2.58. The van der Waals surface area contributed by atoms with Crippen molar-refractivity contribution in [1.82, 2.24) is 4.90 Å². The molecule has 8 heteroatoms. The topological polar surface area (TPSA) is 85.3 Å². The quantitative estimate of drug-likeness (QED) is 0.508. The monoisotopic (exact) mass is 489 g/mol. The Balaban J connectivity index is 1.80. The number of halogens is 1. The maximum atomic E-state index is 14.4. The second-order valence-corrected chi connectivity index (χ2v) is 8.66. The molecule has 1 aliphatic carbocycles. The molecule has 3 aromatic rings. The van der Waals surface area contributed by atoms with E-state index in [4.69, 9.17) is 14.2 Å². The zero-order chi connectivity index (χ0) is 25.4. The molecule has 2 atom stereocenters. The van der Waals surface area contributed by atoms with Crippen LogP contribution in [0.4, 0.5) is 9.18 Å². The highest BCUT2D eigenvalue weighted by Gasteiger charge is 2.57. The molecule has 0 radical (unpaired) electrons. The van der Waals surface area contributed by atoms with E-state index in [1.807, 2.05) is 36.4 Å². The Labute approximate surface area is 207 Å². The zero-order valence-electron chi connectivity index (χ0n) is 19.7. The van der Waals surface area contributed by atoms with Gasteiger partial charge in [-0.15, -0.1) is 0 Å². The minimum Gasteiger partial charge on any atom is -0.497 e. The Hall–Kier alpha value is -4.33. The number of carbonyl (C=O) groups excluding carboxylic acids is 1. The summed E-state index contributed by atoms with van der Waals surface area (Å²) in [5.74, 6) is -0.463. The van der Waals surface area contributed by atoms with Crippen LogP contribution in [0.25, 0.3) is 11.6 Å². The Morgan fingerprint density at radius 3 is 2.50 bits per heavy atom. The number of hydrogen-bond donors (Lipinski definition) is 1. The summed E-state index contributed by atoms with van der Waals surface area (Å²) in [7, 11) is 2.80. The molecule has 0 saturated heterocycles. The average molecular weight is 489 g/mol. The van der Waals surface area contributed by atoms with Gasteiger partial charge in [-0.1, -0.05) is 30.3 Å². The third-order valence-electron chi connectivity index (χ3n) is 6.77. The third kappa shape index (κ3) is 3.66. The number of hydrogen-bond acceptors (Lipinski definition) is 5. The minimum atomic E-state index is -1.24. The highest BCUT2D eigenvalue weighted by molar-refractivity contribution is 5.99. The van der Waals surface area contributed by atoms with Crippen molar-refractivity contribution in [2.24, 2.45) is 0 Å². The number of para-hydroxylation sites is 1. The molecule has 7 nitrogen and oxygen atoms in total. The number of fused-ring (bicyclic) bond motifs is 5. The number of aliphatic carboxylic acids is 1. The lowest BCUT2D eigenvalue weighted by atomic mass is 9.74. The van der Waals surface area contributed by atoms with Crippen molar-refractivity contribution >= 4 is 23.7 Å². The first-order valence-electron chi connectivity index (χ1n) is 11.4. The summed E-state index contributed by atoms with van der Waals surface area (Å²) >= 11 is 0. The van der Waals surface area contributed by atoms with Crippen LogP contribution >= 0.6 is 0 Å². The molecule has 0 bridgehead atoms. The number of ether oxygens (including phenoxy) is 3. The number of rotatable bonds is 6. The lowest BCUT2D eigenvalue weighted by molar-refractivity contribution is -0.139. The summed E-state index contributed by atoms with van der Waals surface area (Å²) in [6.45, 7) is -0.0236. The molecular weight excluding hydrogens is 465 g/mol. The summed E-state index contributed by atoms with van der Waals surface area (Å²) in [5, 5.41) is 9.79. The van der Waals surface area contributed by atoms with Crippen molar-refractivity contribution in [2.75, 3.05) is 20.8 Å². The van der Waals surface area contributed by atoms with E-state index in [9.17, 15) is 19.1 Å². The summed E-state index contributed by atoms with van der Waals surface area (Å²) < 4.78 is 31.3. The molecule has 184 valence electrons. The van der Waals surface area contributed by atoms with Crippen LogP contribution in [0.15, 0.2) is 66.7 Å². The maximum absolute atomic E-state index is 14.4. The zero-order valence-corrected chi connectivity index (χ0v) is 19.7. The first-order chi connectivity index (χ1) is 17.4. The van der Waals surface area contributed by atoms with Crippen molar-refractivity contribution in [2.45, 2.75) is 18.0 Å². The van der Waals surface area contributed by atoms with E-state index in [1.165, 1.54) is 24.1 Å². The third-order valence-corrected chi connectivity index (χ3v) is 6.77. The second-order valence-electron chi connectivity index (χ2n) is 8.66. The standard InChI is InChI=1S/C28H24FNO6/c1-34-20-9-11-23-17(12-20)13-24-21-10-8-18(29)14-22(21)25(15-26(31)32)30(27(33)35-2)28(23,24)16-36-19-6-4-3-5-7-19/h3-14,25H,15-16H2,1-2H3,(H,31,32). The SMILES string of the molecule is COC(=O)N1C(CC(=O)O)c2cc(F)ccc2C2=Cc3cc(OC)ccc3C21COc1ccccc1. The van der Waals surface area contributed by atoms with Crippen LogP contribution in [0.1, 0.15) is 34.7 Å². The fraction of sp³-hybridized carbons (Fsp3) is 0.214. The molecule has 5 rings (SSSR count). The van der Waals surface area contributed by atoms with Crippen LogP contribution in [-0.4, -0.2) is 42.9 Å². The van der Waals surface area contributed by atoms with E-state index in [2.05, 4.69) is 0 Å². The van der Waals surface area contributed by atoms with Crippen LogP contribution in [-0.2, 0) is 15.1 Å². The molecule has 0 fully saturated rings. The minimum absolute atomic E-state index is 0.0236. The Kier molecular flexibility index (Phi) is 5.88. The van der Waals surface area contributed by atoms with E-state index < -0.39 is 35.9 Å². The molecular formula is C28H24FNO6. The van der Waals surface area contributed by atoms with Crippen molar-refractivity contribution in [3.8, 4) is 11.5 Å². The van der Waals surface area contributed by atoms with Crippen LogP contribution in [0, 0.1) is 5.82 Å². The van der Waals surface area contributed by atoms with Crippen LogP contribution in [0.5, 0.6) is 11.5 Å². The first kappa shape index (κ1) is 23.4. The fourth-order valence-corrected chi connectivity index (χ4v) is 5.28. The van der Waals surface area contributed by atoms with Crippen LogP contribution in [0.3, 0.4) is 0 Å². The van der Waals surface area contributed by atoms with Gasteiger partial charge >= 0.3 is 12.1 Å². The van der Waals surface area contributed by atoms with Crippen molar-refractivity contribution < 1.29 is 33.3 Å². The van der Waals surface area contributed by atoms with Crippen molar-refractivity contribution in [3.05, 3.63) is 94.8 Å². The van der Waals surface area contributed by atoms with Gasteiger partial charge in [0.15, 0.2) is 0 Å². The number of methoxy groups -OCH3 is 2. The number of carboxylic acids is 1. The number of carboxylic acid groups (broad SMARTS) is 1. The predicted octanol–water partition coefficient (Wildman–Crippen LogP) is 5.26. The van der Waals surface area contributed by atoms with Gasteiger partial charge in [0.1, 0.15) is 29.5 Å². The molecule has 36 heavy (non-hydrogen) atoms. The molecule has 0 aromatic heterocycles. The average Bonchev–Trinajstić information content (AvgIpc) is 3.21. The van der Waals surface area contributed by atoms with Crippen molar-refractivity contribution in [3.63, 3.8) is 0 Å². The Morgan fingerprint density at radius 1 is 1.03 bits per heavy atom. The molecule has 0 spiro atoms. The number of carbonyl (C=O) groups is 2. The summed E-state index contributed by atoms with van der Waals surface area (Å²) in [6, 6.07) is 17.8. The molecule has 1 heterocycles. The van der Waals surface area contributed by atoms with Gasteiger partial charge in [-0.25, -0.2) is 9.18 Å². The van der Waals surface area contributed by atoms with Gasteiger partial charge in [-0.3, -0.25) is 9.69 Å². The normalized spacial score (nSPS) is 19.5. The summed E-state index contributed by atoms with van der Waals surface area (Å²) in [6.07, 6.45) is 0.718. The lowest BCUT2D eigenvalue weighted by Crippen LogP contribution is -2.57. The van der Waals surface area contributed by atoms with Gasteiger partial charge in [0.2, 0.25) is 0 Å². The van der Waals surface area contributed by atoms with Gasteiger partial charge in [0.25, 0.3) is 0 Å². The van der Waals surface area contributed by atoms with Gasteiger partial charge in [0.05, 0.1) is 26.7 Å². The molecule has 3 aromatic carbocycles. The summed E-state index contributed by atoms with van der Waals surface area (Å²) in [5.41, 5.74) is 1.99. The Bertz CT molecular complexity index is 1370. The molecule has 0 saturated carbocycles. The molecule has 1 aliphatic heterocycles. The van der Waals surface area contributed by atoms with E-state index in [0.717, 1.165) is 11.1 Å². The van der Waals surface area contributed by atoms with E-state index in [1.54, 1.807) is 31.4 Å². The van der Waals surface area contributed by atoms with E-state index >= 15 is 0 Å². The summed E-state index contributed by atoms with van der Waals surface area (Å²) in [4.78, 5) is 26.8. The Morgan fingerprint density at radius 2 is 1.81 bits per heavy atom. The number of amides is 1. The van der Waals surface area contributed by atoms with Crippen LogP contribution in [0.2, 0.25) is 0 Å². The highest BCUT2D eigenvalue weighted by atomic mass is 19.1. The second kappa shape index (κ2) is 9.03. The molecule has 1 amide bonds. The van der Waals surface area contributed by atoms with Gasteiger partial charge in [-0.2, -0.15) is 0 Å².